The predicted octanol–water partition coefficient (Wildman–Crippen LogP) is 14.1. The first kappa shape index (κ1) is 32.5. The van der Waals surface area contributed by atoms with E-state index in [-0.39, 0.29) is 0 Å². The highest BCUT2D eigenvalue weighted by atomic mass is 79.9. The van der Waals surface area contributed by atoms with Crippen LogP contribution in [0.25, 0.3) is 33.4 Å². The van der Waals surface area contributed by atoms with Crippen LogP contribution in [-0.2, 0) is 5.41 Å². The molecule has 0 spiro atoms. The van der Waals surface area contributed by atoms with Crippen LogP contribution in [0.3, 0.4) is 0 Å². The summed E-state index contributed by atoms with van der Waals surface area (Å²) in [6.07, 6.45) is 6.54. The van der Waals surface area contributed by atoms with Crippen LogP contribution in [0, 0.1) is 0 Å². The molecule has 51 heavy (non-hydrogen) atoms. The number of rotatable bonds is 8. The summed E-state index contributed by atoms with van der Waals surface area (Å²) in [5, 5.41) is 0. The van der Waals surface area contributed by atoms with E-state index < -0.39 is 5.41 Å². The maximum absolute atomic E-state index is 3.75. The monoisotopic (exact) mass is 719 g/mol. The third-order valence-electron chi connectivity index (χ3n) is 10.2. The molecule has 0 aliphatic heterocycles. The standard InChI is InChI=1S/C49H38BrN/c1-3-4-15-35(2)49(39-18-9-6-10-19-39)46-22-13-11-21-44(46)45-34-42(32-33-47(45)49)51(40-28-24-37(25-29-40)36-16-7-5-8-17-36)41-30-26-38(27-31-41)43-20-12-14-23-48(43)50/h3-34H,1-2H3/b4-3-,35-15+. The molecule has 0 N–H and O–H groups in total. The number of hydrogen-bond acceptors (Lipinski definition) is 1. The summed E-state index contributed by atoms with van der Waals surface area (Å²) >= 11 is 3.75. The Labute approximate surface area is 310 Å². The van der Waals surface area contributed by atoms with Gasteiger partial charge in [-0.25, -0.2) is 0 Å². The molecule has 0 amide bonds. The maximum Gasteiger partial charge on any atom is 0.0673 e. The summed E-state index contributed by atoms with van der Waals surface area (Å²) in [6, 6.07) is 63.8. The van der Waals surface area contributed by atoms with E-state index in [1.165, 1.54) is 55.6 Å². The molecule has 0 heterocycles. The van der Waals surface area contributed by atoms with E-state index in [2.05, 4.69) is 229 Å². The van der Waals surface area contributed by atoms with E-state index in [0.29, 0.717) is 0 Å². The molecule has 7 aromatic rings. The van der Waals surface area contributed by atoms with Crippen LogP contribution in [-0.4, -0.2) is 0 Å². The van der Waals surface area contributed by atoms with Crippen molar-refractivity contribution in [1.29, 1.82) is 0 Å². The van der Waals surface area contributed by atoms with Gasteiger partial charge in [0.15, 0.2) is 0 Å². The van der Waals surface area contributed by atoms with Crippen LogP contribution in [0.1, 0.15) is 30.5 Å². The minimum absolute atomic E-state index is 0.405. The highest BCUT2D eigenvalue weighted by Crippen LogP contribution is 2.57. The molecule has 0 radical (unpaired) electrons. The second-order valence-corrected chi connectivity index (χ2v) is 13.9. The molecule has 2 heteroatoms. The zero-order chi connectivity index (χ0) is 34.8. The number of allylic oxidation sites excluding steroid dienone is 4. The Kier molecular flexibility index (Phi) is 8.86. The summed E-state index contributed by atoms with van der Waals surface area (Å²) in [6.45, 7) is 4.36. The molecule has 8 rings (SSSR count). The summed E-state index contributed by atoms with van der Waals surface area (Å²) in [5.74, 6) is 0. The Bertz CT molecular complexity index is 2370. The molecule has 1 unspecified atom stereocenters. The largest absolute Gasteiger partial charge is 0.310 e. The maximum atomic E-state index is 3.75. The zero-order valence-corrected chi connectivity index (χ0v) is 30.4. The van der Waals surface area contributed by atoms with E-state index in [0.717, 1.165) is 21.5 Å². The van der Waals surface area contributed by atoms with Gasteiger partial charge in [0.25, 0.3) is 0 Å². The topological polar surface area (TPSA) is 3.24 Å². The quantitative estimate of drug-likeness (QED) is 0.141. The second-order valence-electron chi connectivity index (χ2n) is 13.0. The average molecular weight is 721 g/mol. The lowest BCUT2D eigenvalue weighted by molar-refractivity contribution is 0.746. The Morgan fingerprint density at radius 2 is 1.04 bits per heavy atom. The highest BCUT2D eigenvalue weighted by molar-refractivity contribution is 9.10. The van der Waals surface area contributed by atoms with Crippen molar-refractivity contribution in [2.75, 3.05) is 4.90 Å². The molecule has 0 fully saturated rings. The molecule has 1 atom stereocenters. The molecule has 1 aliphatic rings. The first-order valence-electron chi connectivity index (χ1n) is 17.5. The fourth-order valence-corrected chi connectivity index (χ4v) is 8.31. The van der Waals surface area contributed by atoms with E-state index in [1.807, 2.05) is 0 Å². The molecule has 0 bridgehead atoms. The van der Waals surface area contributed by atoms with Crippen LogP contribution in [0.5, 0.6) is 0 Å². The van der Waals surface area contributed by atoms with Crippen molar-refractivity contribution in [1.82, 2.24) is 0 Å². The lowest BCUT2D eigenvalue weighted by atomic mass is 9.67. The zero-order valence-electron chi connectivity index (χ0n) is 28.8. The van der Waals surface area contributed by atoms with E-state index in [1.54, 1.807) is 0 Å². The Morgan fingerprint density at radius 1 is 0.510 bits per heavy atom. The summed E-state index contributed by atoms with van der Waals surface area (Å²) in [4.78, 5) is 2.38. The van der Waals surface area contributed by atoms with E-state index >= 15 is 0 Å². The summed E-state index contributed by atoms with van der Waals surface area (Å²) < 4.78 is 1.09. The van der Waals surface area contributed by atoms with E-state index in [4.69, 9.17) is 0 Å². The van der Waals surface area contributed by atoms with Crippen molar-refractivity contribution >= 4 is 33.0 Å². The van der Waals surface area contributed by atoms with Gasteiger partial charge in [0.2, 0.25) is 0 Å². The molecular formula is C49H38BrN. The smallest absolute Gasteiger partial charge is 0.0673 e. The van der Waals surface area contributed by atoms with Gasteiger partial charge in [-0.05, 0) is 106 Å². The van der Waals surface area contributed by atoms with E-state index in [9.17, 15) is 0 Å². The minimum atomic E-state index is -0.405. The Morgan fingerprint density at radius 3 is 1.71 bits per heavy atom. The average Bonchev–Trinajstić information content (AvgIpc) is 3.49. The van der Waals surface area contributed by atoms with Gasteiger partial charge in [0, 0.05) is 21.5 Å². The lowest BCUT2D eigenvalue weighted by Gasteiger charge is -2.34. The number of nitrogens with zero attached hydrogens (tertiary/aromatic N) is 1. The van der Waals surface area contributed by atoms with Crippen molar-refractivity contribution in [3.05, 3.63) is 221 Å². The van der Waals surface area contributed by atoms with Crippen molar-refractivity contribution < 1.29 is 0 Å². The first-order chi connectivity index (χ1) is 25.1. The van der Waals surface area contributed by atoms with Gasteiger partial charge < -0.3 is 4.90 Å². The number of fused-ring (bicyclic) bond motifs is 3. The van der Waals surface area contributed by atoms with Crippen LogP contribution in [0.4, 0.5) is 17.1 Å². The van der Waals surface area contributed by atoms with Gasteiger partial charge in [0.05, 0.1) is 5.41 Å². The molecular weight excluding hydrogens is 682 g/mol. The lowest BCUT2D eigenvalue weighted by Crippen LogP contribution is -2.28. The second kappa shape index (κ2) is 13.9. The molecule has 1 nitrogen and oxygen atoms in total. The van der Waals surface area contributed by atoms with Gasteiger partial charge >= 0.3 is 0 Å². The molecule has 0 saturated carbocycles. The fraction of sp³-hybridized carbons (Fsp3) is 0.0612. The molecule has 0 aromatic heterocycles. The molecule has 1 aliphatic carbocycles. The summed E-state index contributed by atoms with van der Waals surface area (Å²) in [5.41, 5.74) is 15.4. The fourth-order valence-electron chi connectivity index (χ4n) is 7.79. The number of anilines is 3. The van der Waals surface area contributed by atoms with Gasteiger partial charge in [0.1, 0.15) is 0 Å². The molecule has 0 saturated heterocycles. The number of halogens is 1. The summed E-state index contributed by atoms with van der Waals surface area (Å²) in [7, 11) is 0. The minimum Gasteiger partial charge on any atom is -0.310 e. The molecule has 7 aromatic carbocycles. The van der Waals surface area contributed by atoms with Crippen molar-refractivity contribution in [3.63, 3.8) is 0 Å². The van der Waals surface area contributed by atoms with Gasteiger partial charge in [-0.15, -0.1) is 0 Å². The van der Waals surface area contributed by atoms with Gasteiger partial charge in [-0.2, -0.15) is 0 Å². The SMILES string of the molecule is C/C=C\C=C(/C)C1(c2ccccc2)c2ccccc2-c2cc(N(c3ccc(-c4ccccc4)cc3)c3ccc(-c4ccccc4Br)cc3)ccc21. The molecule has 246 valence electrons. The van der Waals surface area contributed by atoms with Crippen LogP contribution < -0.4 is 4.90 Å². The Balaban J connectivity index is 1.31. The number of benzene rings is 7. The van der Waals surface area contributed by atoms with Gasteiger partial charge in [-0.1, -0.05) is 173 Å². The van der Waals surface area contributed by atoms with Crippen LogP contribution in [0.2, 0.25) is 0 Å². The number of hydrogen-bond donors (Lipinski definition) is 0. The Hall–Kier alpha value is -5.70. The van der Waals surface area contributed by atoms with Crippen molar-refractivity contribution in [2.24, 2.45) is 0 Å². The van der Waals surface area contributed by atoms with Crippen molar-refractivity contribution in [2.45, 2.75) is 19.3 Å². The third-order valence-corrected chi connectivity index (χ3v) is 10.9. The normalized spacial score (nSPS) is 15.1. The third kappa shape index (κ3) is 5.76. The van der Waals surface area contributed by atoms with Gasteiger partial charge in [-0.3, -0.25) is 0 Å². The predicted molar refractivity (Wildman–Crippen MR) is 220 cm³/mol. The van der Waals surface area contributed by atoms with Crippen LogP contribution >= 0.6 is 15.9 Å². The first-order valence-corrected chi connectivity index (χ1v) is 18.3. The van der Waals surface area contributed by atoms with Crippen molar-refractivity contribution in [3.8, 4) is 33.4 Å². The highest BCUT2D eigenvalue weighted by Gasteiger charge is 2.45. The van der Waals surface area contributed by atoms with Crippen LogP contribution in [0.15, 0.2) is 204 Å².